The van der Waals surface area contributed by atoms with Crippen molar-refractivity contribution in [3.8, 4) is 5.75 Å². The highest BCUT2D eigenvalue weighted by Crippen LogP contribution is 2.29. The van der Waals surface area contributed by atoms with Crippen LogP contribution in [0, 0.1) is 0 Å². The Hall–Kier alpha value is -3.03. The normalized spacial score (nSPS) is 12.6. The molecule has 1 unspecified atom stereocenters. The van der Waals surface area contributed by atoms with Crippen molar-refractivity contribution in [3.63, 3.8) is 0 Å². The Morgan fingerprint density at radius 1 is 1.00 bits per heavy atom. The van der Waals surface area contributed by atoms with Gasteiger partial charge in [0.15, 0.2) is 0 Å². The lowest BCUT2D eigenvalue weighted by Gasteiger charge is -2.30. The summed E-state index contributed by atoms with van der Waals surface area (Å²) in [5, 5.41) is 3.40. The summed E-state index contributed by atoms with van der Waals surface area (Å²) in [5.74, 6) is 0.226. The van der Waals surface area contributed by atoms with Crippen LogP contribution in [0.1, 0.15) is 39.7 Å². The molecule has 0 aromatic heterocycles. The molecule has 0 radical (unpaired) electrons. The minimum atomic E-state index is -4.03. The van der Waals surface area contributed by atoms with E-state index in [2.05, 4.69) is 31.3 Å². The summed E-state index contributed by atoms with van der Waals surface area (Å²) in [7, 11) is -4.03. The van der Waals surface area contributed by atoms with E-state index in [4.69, 9.17) is 16.3 Å². The highest BCUT2D eigenvalue weighted by molar-refractivity contribution is 7.92. The van der Waals surface area contributed by atoms with Crippen LogP contribution in [0.3, 0.4) is 0 Å². The third-order valence-corrected chi connectivity index (χ3v) is 7.94. The van der Waals surface area contributed by atoms with E-state index in [0.717, 1.165) is 4.31 Å². The van der Waals surface area contributed by atoms with Crippen LogP contribution in [0.4, 0.5) is 5.69 Å². The molecule has 0 saturated heterocycles. The third kappa shape index (κ3) is 7.02. The summed E-state index contributed by atoms with van der Waals surface area (Å²) in [6, 6.07) is 22.5. The van der Waals surface area contributed by atoms with E-state index in [1.807, 2.05) is 32.0 Å². The second-order valence-electron chi connectivity index (χ2n) is 9.32. The number of carbonyl (C=O) groups is 1. The molecule has 8 heteroatoms. The molecule has 0 heterocycles. The fourth-order valence-corrected chi connectivity index (χ4v) is 5.75. The topological polar surface area (TPSA) is 75.7 Å². The van der Waals surface area contributed by atoms with Crippen LogP contribution in [0.2, 0.25) is 5.02 Å². The zero-order chi connectivity index (χ0) is 26.3. The second kappa shape index (κ2) is 11.8. The molecule has 1 amide bonds. The molecule has 0 bridgehead atoms. The van der Waals surface area contributed by atoms with E-state index in [9.17, 15) is 13.2 Å². The minimum Gasteiger partial charge on any atom is -0.494 e. The number of rotatable bonds is 11. The van der Waals surface area contributed by atoms with Gasteiger partial charge in [0, 0.05) is 11.1 Å². The minimum absolute atomic E-state index is 0.0480. The van der Waals surface area contributed by atoms with Crippen molar-refractivity contribution < 1.29 is 17.9 Å². The first-order valence-corrected chi connectivity index (χ1v) is 13.7. The van der Waals surface area contributed by atoms with Gasteiger partial charge in [-0.2, -0.15) is 0 Å². The molecule has 192 valence electrons. The van der Waals surface area contributed by atoms with Gasteiger partial charge in [-0.25, -0.2) is 8.42 Å². The Balaban J connectivity index is 1.81. The highest BCUT2D eigenvalue weighted by Gasteiger charge is 2.29. The fraction of sp³-hybridized carbons (Fsp3) is 0.321. The van der Waals surface area contributed by atoms with Gasteiger partial charge < -0.3 is 10.1 Å². The van der Waals surface area contributed by atoms with E-state index in [1.165, 1.54) is 29.8 Å². The molecular formula is C28H33ClN2O4S. The molecule has 0 aliphatic heterocycles. The maximum atomic E-state index is 13.6. The van der Waals surface area contributed by atoms with Gasteiger partial charge in [0.05, 0.1) is 17.2 Å². The monoisotopic (exact) mass is 528 g/mol. The number of ether oxygens (including phenoxy) is 1. The molecule has 0 spiro atoms. The molecule has 3 aromatic rings. The lowest BCUT2D eigenvalue weighted by molar-refractivity contribution is -0.120. The first kappa shape index (κ1) is 27.6. The lowest BCUT2D eigenvalue weighted by atomic mass is 9.79. The van der Waals surface area contributed by atoms with Crippen LogP contribution >= 0.6 is 11.6 Å². The first-order chi connectivity index (χ1) is 17.0. The van der Waals surface area contributed by atoms with Crippen molar-refractivity contribution in [3.05, 3.63) is 89.4 Å². The second-order valence-corrected chi connectivity index (χ2v) is 11.6. The van der Waals surface area contributed by atoms with Gasteiger partial charge in [-0.1, -0.05) is 55.8 Å². The predicted octanol–water partition coefficient (Wildman–Crippen LogP) is 5.81. The molecule has 0 fully saturated rings. The van der Waals surface area contributed by atoms with Crippen LogP contribution in [0.15, 0.2) is 83.8 Å². The van der Waals surface area contributed by atoms with Gasteiger partial charge in [0.25, 0.3) is 10.0 Å². The first-order valence-electron chi connectivity index (χ1n) is 11.9. The van der Waals surface area contributed by atoms with E-state index in [1.54, 1.807) is 24.3 Å². The number of hydrogen-bond acceptors (Lipinski definition) is 4. The molecule has 0 aliphatic carbocycles. The van der Waals surface area contributed by atoms with Crippen molar-refractivity contribution in [2.45, 2.75) is 50.5 Å². The SMILES string of the molecule is CCOc1ccc(N(CC(=O)NC(C)CC(C)(C)c2ccccc2)S(=O)(=O)c2ccc(Cl)cc2)cc1. The Morgan fingerprint density at radius 3 is 2.19 bits per heavy atom. The summed E-state index contributed by atoms with van der Waals surface area (Å²) in [5.41, 5.74) is 1.37. The van der Waals surface area contributed by atoms with Crippen molar-refractivity contribution >= 4 is 33.2 Å². The number of anilines is 1. The zero-order valence-corrected chi connectivity index (χ0v) is 22.6. The number of nitrogens with one attached hydrogen (secondary N) is 1. The highest BCUT2D eigenvalue weighted by atomic mass is 35.5. The Bertz CT molecular complexity index is 1240. The number of benzene rings is 3. The molecule has 6 nitrogen and oxygen atoms in total. The fourth-order valence-electron chi connectivity index (χ4n) is 4.20. The van der Waals surface area contributed by atoms with Crippen LogP contribution in [-0.2, 0) is 20.2 Å². The lowest BCUT2D eigenvalue weighted by Crippen LogP contribution is -2.45. The molecule has 1 atom stereocenters. The maximum Gasteiger partial charge on any atom is 0.264 e. The van der Waals surface area contributed by atoms with Gasteiger partial charge in [-0.3, -0.25) is 9.10 Å². The predicted molar refractivity (Wildman–Crippen MR) is 145 cm³/mol. The Kier molecular flexibility index (Phi) is 9.03. The Morgan fingerprint density at radius 2 is 1.61 bits per heavy atom. The zero-order valence-electron chi connectivity index (χ0n) is 21.1. The molecular weight excluding hydrogens is 496 g/mol. The van der Waals surface area contributed by atoms with Crippen molar-refractivity contribution in [2.75, 3.05) is 17.5 Å². The van der Waals surface area contributed by atoms with Crippen molar-refractivity contribution in [1.82, 2.24) is 5.32 Å². The van der Waals surface area contributed by atoms with Crippen LogP contribution in [0.25, 0.3) is 0 Å². The number of nitrogens with zero attached hydrogens (tertiary/aromatic N) is 1. The van der Waals surface area contributed by atoms with Crippen molar-refractivity contribution in [2.24, 2.45) is 0 Å². The number of halogens is 1. The molecule has 0 aliphatic rings. The van der Waals surface area contributed by atoms with E-state index < -0.39 is 15.9 Å². The molecule has 1 N–H and O–H groups in total. The molecule has 36 heavy (non-hydrogen) atoms. The van der Waals surface area contributed by atoms with Crippen molar-refractivity contribution in [1.29, 1.82) is 0 Å². The van der Waals surface area contributed by atoms with Crippen LogP contribution in [0.5, 0.6) is 5.75 Å². The van der Waals surface area contributed by atoms with Gasteiger partial charge in [-0.05, 0) is 79.8 Å². The average molecular weight is 529 g/mol. The van der Waals surface area contributed by atoms with Gasteiger partial charge in [0.1, 0.15) is 12.3 Å². The molecule has 0 saturated carbocycles. The quantitative estimate of drug-likeness (QED) is 0.341. The summed E-state index contributed by atoms with van der Waals surface area (Å²) < 4.78 is 33.7. The van der Waals surface area contributed by atoms with Gasteiger partial charge in [-0.15, -0.1) is 0 Å². The standard InChI is InChI=1S/C28H33ClN2O4S/c1-5-35-25-15-13-24(14-16-25)31(36(33,34)26-17-11-23(29)12-18-26)20-27(32)30-21(2)19-28(3,4)22-9-7-6-8-10-22/h6-18,21H,5,19-20H2,1-4H3,(H,30,32). The van der Waals surface area contributed by atoms with Crippen LogP contribution in [-0.4, -0.2) is 33.5 Å². The van der Waals surface area contributed by atoms with E-state index in [-0.39, 0.29) is 22.9 Å². The van der Waals surface area contributed by atoms with E-state index in [0.29, 0.717) is 29.5 Å². The number of sulfonamides is 1. The molecule has 3 aromatic carbocycles. The maximum absolute atomic E-state index is 13.6. The largest absolute Gasteiger partial charge is 0.494 e. The smallest absolute Gasteiger partial charge is 0.264 e. The van der Waals surface area contributed by atoms with E-state index >= 15 is 0 Å². The number of amides is 1. The summed E-state index contributed by atoms with van der Waals surface area (Å²) in [6.45, 7) is 8.18. The third-order valence-electron chi connectivity index (χ3n) is 5.90. The number of hydrogen-bond donors (Lipinski definition) is 1. The van der Waals surface area contributed by atoms with Gasteiger partial charge in [0.2, 0.25) is 5.91 Å². The summed E-state index contributed by atoms with van der Waals surface area (Å²) in [4.78, 5) is 13.1. The number of carbonyl (C=O) groups excluding carboxylic acids is 1. The summed E-state index contributed by atoms with van der Waals surface area (Å²) in [6.07, 6.45) is 0.690. The summed E-state index contributed by atoms with van der Waals surface area (Å²) >= 11 is 5.96. The van der Waals surface area contributed by atoms with Gasteiger partial charge >= 0.3 is 0 Å². The van der Waals surface area contributed by atoms with Crippen LogP contribution < -0.4 is 14.4 Å². The molecule has 3 rings (SSSR count). The average Bonchev–Trinajstić information content (AvgIpc) is 2.84. The Labute approximate surface area is 219 Å².